The first kappa shape index (κ1) is 28.3. The van der Waals surface area contributed by atoms with Gasteiger partial charge < -0.3 is 36.3 Å². The predicted octanol–water partition coefficient (Wildman–Crippen LogP) is 3.00. The summed E-state index contributed by atoms with van der Waals surface area (Å²) in [5.41, 5.74) is 21.6. The number of anilines is 4. The van der Waals surface area contributed by atoms with Gasteiger partial charge in [0.25, 0.3) is 0 Å². The average Bonchev–Trinajstić information content (AvgIpc) is 2.95. The Morgan fingerprint density at radius 3 is 2.27 bits per heavy atom. The molecule has 0 saturated heterocycles. The van der Waals surface area contributed by atoms with Gasteiger partial charge in [0.15, 0.2) is 11.5 Å². The molecule has 1 aliphatic carbocycles. The lowest BCUT2D eigenvalue weighted by Gasteiger charge is -2.27. The maximum absolute atomic E-state index is 11.3. The van der Waals surface area contributed by atoms with E-state index in [1.807, 2.05) is 42.5 Å². The number of benzene rings is 2. The monoisotopic (exact) mass is 564 g/mol. The summed E-state index contributed by atoms with van der Waals surface area (Å²) in [6.45, 7) is 0.976. The van der Waals surface area contributed by atoms with Crippen molar-refractivity contribution in [2.24, 2.45) is 0 Å². The van der Waals surface area contributed by atoms with Crippen LogP contribution in [0.25, 0.3) is 0 Å². The van der Waals surface area contributed by atoms with E-state index in [1.54, 1.807) is 32.6 Å². The Bertz CT molecular complexity index is 1540. The van der Waals surface area contributed by atoms with Crippen molar-refractivity contribution >= 4 is 38.3 Å². The molecule has 0 atom stereocenters. The summed E-state index contributed by atoms with van der Waals surface area (Å²) in [6, 6.07) is 11.2. The zero-order chi connectivity index (χ0) is 28.6. The first-order chi connectivity index (χ1) is 19.3. The average molecular weight is 565 g/mol. The van der Waals surface area contributed by atoms with E-state index in [9.17, 15) is 8.42 Å². The van der Waals surface area contributed by atoms with Gasteiger partial charge >= 0.3 is 0 Å². The largest absolute Gasteiger partial charge is 0.493 e. The van der Waals surface area contributed by atoms with Crippen LogP contribution < -0.4 is 36.3 Å². The third kappa shape index (κ3) is 6.83. The van der Waals surface area contributed by atoms with E-state index in [0.29, 0.717) is 66.0 Å². The van der Waals surface area contributed by atoms with E-state index in [4.69, 9.17) is 31.4 Å². The highest BCUT2D eigenvalue weighted by Gasteiger charge is 2.17. The summed E-state index contributed by atoms with van der Waals surface area (Å²) >= 11 is 0. The molecule has 40 heavy (non-hydrogen) atoms. The number of hydrogen-bond acceptors (Lipinski definition) is 11. The van der Waals surface area contributed by atoms with Crippen LogP contribution in [0.4, 0.5) is 23.1 Å². The molecule has 0 saturated carbocycles. The van der Waals surface area contributed by atoms with Crippen molar-refractivity contribution in [3.05, 3.63) is 77.6 Å². The van der Waals surface area contributed by atoms with Crippen LogP contribution in [0.2, 0.25) is 0 Å². The van der Waals surface area contributed by atoms with Crippen molar-refractivity contribution in [1.82, 2.24) is 9.97 Å². The molecule has 0 unspecified atom stereocenters. The van der Waals surface area contributed by atoms with E-state index in [-0.39, 0.29) is 5.95 Å². The Labute approximate surface area is 234 Å². The van der Waals surface area contributed by atoms with Gasteiger partial charge in [-0.3, -0.25) is 0 Å². The van der Waals surface area contributed by atoms with Crippen LogP contribution in [0, 0.1) is 0 Å². The van der Waals surface area contributed by atoms with Gasteiger partial charge in [-0.25, -0.2) is 4.98 Å². The summed E-state index contributed by atoms with van der Waals surface area (Å²) in [6.07, 6.45) is 8.36. The molecule has 4 rings (SSSR count). The van der Waals surface area contributed by atoms with E-state index in [2.05, 4.69) is 14.9 Å². The quantitative estimate of drug-likeness (QED) is 0.178. The summed E-state index contributed by atoms with van der Waals surface area (Å²) in [5, 5.41) is 0. The second kappa shape index (κ2) is 12.9. The Hall–Kier alpha value is -4.71. The van der Waals surface area contributed by atoms with E-state index < -0.39 is 10.3 Å². The van der Waals surface area contributed by atoms with Crippen LogP contribution >= 0.6 is 0 Å². The standard InChI is InChI=1S/C28H32N6O5S/c1-37-24-15-18(14-19-17-32-28(31)33-27(19)30)16-25(38-2)26(24)39-13-3-12-34(21-6-4-20(29)5-7-21)22-8-10-23(11-9-22)40(35)36/h4-10,15-17H,3,11-14,29H2,1-2H3,(H4,30,31,32,33). The first-order valence-electron chi connectivity index (χ1n) is 12.5. The number of ether oxygens (including phenoxy) is 3. The fourth-order valence-corrected chi connectivity index (χ4v) is 4.67. The lowest BCUT2D eigenvalue weighted by Crippen LogP contribution is -2.25. The van der Waals surface area contributed by atoms with Gasteiger partial charge in [-0.1, -0.05) is 6.08 Å². The van der Waals surface area contributed by atoms with Crippen molar-refractivity contribution in [2.45, 2.75) is 19.3 Å². The molecule has 12 heteroatoms. The lowest BCUT2D eigenvalue weighted by molar-refractivity contribution is 0.272. The highest BCUT2D eigenvalue weighted by atomic mass is 32.2. The Balaban J connectivity index is 1.48. The smallest absolute Gasteiger partial charge is 0.221 e. The molecule has 1 heterocycles. The highest BCUT2D eigenvalue weighted by molar-refractivity contribution is 7.73. The number of allylic oxidation sites excluding steroid dienone is 3. The van der Waals surface area contributed by atoms with Crippen LogP contribution in [0.15, 0.2) is 66.5 Å². The van der Waals surface area contributed by atoms with Crippen LogP contribution in [-0.4, -0.2) is 50.6 Å². The van der Waals surface area contributed by atoms with Crippen LogP contribution in [0.3, 0.4) is 0 Å². The fraction of sp³-hybridized carbons (Fsp3) is 0.250. The number of hydrogen-bond donors (Lipinski definition) is 3. The number of methoxy groups -OCH3 is 2. The molecule has 1 aromatic heterocycles. The third-order valence-electron chi connectivity index (χ3n) is 6.29. The predicted molar refractivity (Wildman–Crippen MR) is 157 cm³/mol. The number of nitrogen functional groups attached to an aromatic ring is 3. The molecule has 0 amide bonds. The van der Waals surface area contributed by atoms with Gasteiger partial charge in [0.2, 0.25) is 22.0 Å². The van der Waals surface area contributed by atoms with Crippen molar-refractivity contribution in [2.75, 3.05) is 49.5 Å². The van der Waals surface area contributed by atoms with E-state index >= 15 is 0 Å². The second-order valence-electron chi connectivity index (χ2n) is 8.96. The van der Waals surface area contributed by atoms with Gasteiger partial charge in [0.05, 0.1) is 25.7 Å². The number of aromatic nitrogens is 2. The molecule has 210 valence electrons. The van der Waals surface area contributed by atoms with Crippen LogP contribution in [0.1, 0.15) is 24.0 Å². The molecule has 1 aliphatic rings. The molecule has 2 aromatic carbocycles. The van der Waals surface area contributed by atoms with Gasteiger partial charge in [-0.15, -0.1) is 0 Å². The van der Waals surface area contributed by atoms with Crippen LogP contribution in [0.5, 0.6) is 17.2 Å². The summed E-state index contributed by atoms with van der Waals surface area (Å²) in [4.78, 5) is 10.5. The summed E-state index contributed by atoms with van der Waals surface area (Å²) in [5.74, 6) is 1.96. The van der Waals surface area contributed by atoms with E-state index in [1.165, 1.54) is 0 Å². The zero-order valence-corrected chi connectivity index (χ0v) is 23.1. The maximum atomic E-state index is 11.3. The van der Waals surface area contributed by atoms with Gasteiger partial charge in [0.1, 0.15) is 5.82 Å². The molecule has 0 aliphatic heterocycles. The van der Waals surface area contributed by atoms with Crippen molar-refractivity contribution in [1.29, 1.82) is 0 Å². The van der Waals surface area contributed by atoms with Crippen LogP contribution in [-0.2, 0) is 16.7 Å². The number of rotatable bonds is 11. The molecule has 0 fully saturated rings. The Morgan fingerprint density at radius 2 is 1.70 bits per heavy atom. The topological polar surface area (TPSA) is 169 Å². The molecular formula is C28H32N6O5S. The lowest BCUT2D eigenvalue weighted by atomic mass is 10.1. The molecule has 11 nitrogen and oxygen atoms in total. The Morgan fingerprint density at radius 1 is 1.00 bits per heavy atom. The third-order valence-corrected chi connectivity index (χ3v) is 7.02. The number of nitrogens with two attached hydrogens (primary N) is 3. The van der Waals surface area contributed by atoms with E-state index in [0.717, 1.165) is 22.5 Å². The maximum Gasteiger partial charge on any atom is 0.221 e. The molecule has 3 aromatic rings. The fourth-order valence-electron chi connectivity index (χ4n) is 4.27. The summed E-state index contributed by atoms with van der Waals surface area (Å²) in [7, 11) is 0.894. The second-order valence-corrected chi connectivity index (χ2v) is 9.95. The zero-order valence-electron chi connectivity index (χ0n) is 22.3. The molecule has 0 spiro atoms. The van der Waals surface area contributed by atoms with Crippen molar-refractivity contribution in [3.63, 3.8) is 0 Å². The minimum Gasteiger partial charge on any atom is -0.493 e. The molecule has 0 radical (unpaired) electrons. The normalized spacial score (nSPS) is 12.6. The first-order valence-corrected chi connectivity index (χ1v) is 13.6. The van der Waals surface area contributed by atoms with Gasteiger partial charge in [0, 0.05) is 48.2 Å². The Kier molecular flexibility index (Phi) is 9.12. The SMILES string of the molecule is COc1cc(Cc2cnc(N)nc2N)cc(OC)c1OCCCN(C1=CCC(=S(=O)=O)C=C1)c1ccc(N)cc1. The van der Waals surface area contributed by atoms with Gasteiger partial charge in [-0.2, -0.15) is 13.4 Å². The summed E-state index contributed by atoms with van der Waals surface area (Å²) < 4.78 is 40.0. The van der Waals surface area contributed by atoms with Gasteiger partial charge in [-0.05, 0) is 60.5 Å². The minimum atomic E-state index is -2.24. The molecule has 6 N–H and O–H groups in total. The molecule has 0 bridgehead atoms. The van der Waals surface area contributed by atoms with Crippen molar-refractivity contribution < 1.29 is 22.6 Å². The van der Waals surface area contributed by atoms with Crippen molar-refractivity contribution in [3.8, 4) is 17.2 Å². The molecular weight excluding hydrogens is 532 g/mol. The minimum absolute atomic E-state index is 0.118. The number of nitrogens with zero attached hydrogens (tertiary/aromatic N) is 3. The highest BCUT2D eigenvalue weighted by Crippen LogP contribution is 2.39.